The predicted molar refractivity (Wildman–Crippen MR) is 138 cm³/mol. The summed E-state index contributed by atoms with van der Waals surface area (Å²) in [6.45, 7) is 7.42. The smallest absolute Gasteiger partial charge is 0.118 e. The van der Waals surface area contributed by atoms with Gasteiger partial charge in [0.2, 0.25) is 0 Å². The van der Waals surface area contributed by atoms with E-state index >= 15 is 0 Å². The fourth-order valence-corrected chi connectivity index (χ4v) is 6.11. The summed E-state index contributed by atoms with van der Waals surface area (Å²) in [5.41, 5.74) is 4.49. The van der Waals surface area contributed by atoms with E-state index < -0.39 is 0 Å². The number of methoxy groups -OCH3 is 1. The van der Waals surface area contributed by atoms with Crippen LogP contribution in [0.4, 0.5) is 0 Å². The topological polar surface area (TPSA) is 15.7 Å². The van der Waals surface area contributed by atoms with Crippen molar-refractivity contribution in [1.29, 1.82) is 0 Å². The van der Waals surface area contributed by atoms with E-state index in [1.54, 1.807) is 12.7 Å². The van der Waals surface area contributed by atoms with E-state index in [2.05, 4.69) is 58.3 Å². The lowest BCUT2D eigenvalue weighted by Crippen LogP contribution is -2.22. The Bertz CT molecular complexity index is 821. The average Bonchev–Trinajstić information content (AvgIpc) is 3.51. The van der Waals surface area contributed by atoms with E-state index in [1.165, 1.54) is 76.0 Å². The molecule has 3 aliphatic rings. The number of fused-ring (bicyclic) bond motifs is 1. The van der Waals surface area contributed by atoms with Gasteiger partial charge >= 0.3 is 0 Å². The van der Waals surface area contributed by atoms with Crippen LogP contribution in [-0.2, 0) is 13.0 Å². The first-order valence-corrected chi connectivity index (χ1v) is 11.9. The SMILES string of the molecule is COc1ccc(CN2CC3CCC(c4ccc(CCN5CCCC5)cc4)C3C2)cc1.Cl.Cl. The van der Waals surface area contributed by atoms with Gasteiger partial charge in [0.25, 0.3) is 0 Å². The van der Waals surface area contributed by atoms with E-state index in [1.807, 2.05) is 0 Å². The van der Waals surface area contributed by atoms with Crippen LogP contribution >= 0.6 is 24.8 Å². The lowest BCUT2D eigenvalue weighted by molar-refractivity contribution is 0.298. The minimum Gasteiger partial charge on any atom is -0.497 e. The number of likely N-dealkylation sites (tertiary alicyclic amines) is 2. The van der Waals surface area contributed by atoms with E-state index in [-0.39, 0.29) is 24.8 Å². The normalized spacial score (nSPS) is 25.2. The van der Waals surface area contributed by atoms with Gasteiger partial charge in [-0.25, -0.2) is 0 Å². The van der Waals surface area contributed by atoms with Crippen LogP contribution in [0, 0.1) is 11.8 Å². The minimum absolute atomic E-state index is 0. The van der Waals surface area contributed by atoms with Gasteiger partial charge in [-0.05, 0) is 91.8 Å². The molecule has 5 rings (SSSR count). The monoisotopic (exact) mass is 476 g/mol. The quantitative estimate of drug-likeness (QED) is 0.501. The highest BCUT2D eigenvalue weighted by Gasteiger charge is 2.42. The first kappa shape index (κ1) is 25.4. The van der Waals surface area contributed by atoms with Gasteiger partial charge in [0.1, 0.15) is 5.75 Å². The van der Waals surface area contributed by atoms with E-state index in [4.69, 9.17) is 4.74 Å². The molecular formula is C27H38Cl2N2O. The van der Waals surface area contributed by atoms with Gasteiger partial charge < -0.3 is 9.64 Å². The zero-order valence-corrected chi connectivity index (χ0v) is 20.9. The molecule has 3 fully saturated rings. The summed E-state index contributed by atoms with van der Waals surface area (Å²) in [6.07, 6.45) is 6.74. The molecule has 0 N–H and O–H groups in total. The molecule has 2 aliphatic heterocycles. The highest BCUT2D eigenvalue weighted by atomic mass is 35.5. The van der Waals surface area contributed by atoms with Gasteiger partial charge in [-0.2, -0.15) is 0 Å². The summed E-state index contributed by atoms with van der Waals surface area (Å²) < 4.78 is 5.30. The Labute approximate surface area is 206 Å². The fraction of sp³-hybridized carbons (Fsp3) is 0.556. The van der Waals surface area contributed by atoms with Crippen molar-refractivity contribution in [2.75, 3.05) is 39.8 Å². The number of rotatable bonds is 7. The summed E-state index contributed by atoms with van der Waals surface area (Å²) in [5, 5.41) is 0. The third-order valence-electron chi connectivity index (χ3n) is 7.82. The van der Waals surface area contributed by atoms with E-state index in [9.17, 15) is 0 Å². The molecule has 3 unspecified atom stereocenters. The third-order valence-corrected chi connectivity index (χ3v) is 7.82. The maximum atomic E-state index is 5.30. The molecule has 32 heavy (non-hydrogen) atoms. The largest absolute Gasteiger partial charge is 0.497 e. The van der Waals surface area contributed by atoms with Crippen LogP contribution in [0.15, 0.2) is 48.5 Å². The lowest BCUT2D eigenvalue weighted by Gasteiger charge is -2.21. The molecule has 0 radical (unpaired) electrons. The molecule has 3 atom stereocenters. The molecule has 2 heterocycles. The molecule has 0 bridgehead atoms. The van der Waals surface area contributed by atoms with Gasteiger partial charge in [0.15, 0.2) is 0 Å². The standard InChI is InChI=1S/C27H36N2O.2ClH/c1-30-25-11-6-22(7-12-25)18-29-19-24-10-13-26(27(24)20-29)23-8-4-21(5-9-23)14-17-28-15-2-3-16-28;;/h4-9,11-12,24,26-27H,2-3,10,13-20H2,1H3;2*1H. The van der Waals surface area contributed by atoms with Crippen LogP contribution in [0.5, 0.6) is 5.75 Å². The Balaban J connectivity index is 0.00000144. The van der Waals surface area contributed by atoms with Crippen LogP contribution < -0.4 is 4.74 Å². The number of nitrogens with zero attached hydrogens (tertiary/aromatic N) is 2. The first-order chi connectivity index (χ1) is 14.8. The van der Waals surface area contributed by atoms with E-state index in [0.29, 0.717) is 0 Å². The van der Waals surface area contributed by atoms with Crippen molar-refractivity contribution in [2.45, 2.75) is 44.6 Å². The Morgan fingerprint density at radius 3 is 2.19 bits per heavy atom. The van der Waals surface area contributed by atoms with Crippen LogP contribution in [0.3, 0.4) is 0 Å². The van der Waals surface area contributed by atoms with Gasteiger partial charge in [0.05, 0.1) is 7.11 Å². The Kier molecular flexibility index (Phi) is 9.31. The van der Waals surface area contributed by atoms with Gasteiger partial charge in [-0.1, -0.05) is 36.4 Å². The maximum absolute atomic E-state index is 5.30. The van der Waals surface area contributed by atoms with Crippen molar-refractivity contribution in [3.8, 4) is 5.75 Å². The summed E-state index contributed by atoms with van der Waals surface area (Å²) in [7, 11) is 1.73. The Morgan fingerprint density at radius 1 is 0.812 bits per heavy atom. The summed E-state index contributed by atoms with van der Waals surface area (Å²) >= 11 is 0. The molecule has 0 spiro atoms. The van der Waals surface area contributed by atoms with Crippen LogP contribution in [0.2, 0.25) is 0 Å². The second kappa shape index (κ2) is 11.7. The summed E-state index contributed by atoms with van der Waals surface area (Å²) in [5.74, 6) is 3.41. The van der Waals surface area contributed by atoms with Gasteiger partial charge in [-0.3, -0.25) is 4.90 Å². The van der Waals surface area contributed by atoms with Crippen molar-refractivity contribution in [3.63, 3.8) is 0 Å². The summed E-state index contributed by atoms with van der Waals surface area (Å²) in [4.78, 5) is 5.29. The van der Waals surface area contributed by atoms with E-state index in [0.717, 1.165) is 30.0 Å². The van der Waals surface area contributed by atoms with Crippen LogP contribution in [-0.4, -0.2) is 49.6 Å². The number of ether oxygens (including phenoxy) is 1. The second-order valence-electron chi connectivity index (χ2n) is 9.69. The Hall–Kier alpha value is -1.26. The van der Waals surface area contributed by atoms with Gasteiger partial charge in [0, 0.05) is 26.2 Å². The van der Waals surface area contributed by atoms with Gasteiger partial charge in [-0.15, -0.1) is 24.8 Å². The molecule has 3 nitrogen and oxygen atoms in total. The zero-order chi connectivity index (χ0) is 20.3. The number of hydrogen-bond donors (Lipinski definition) is 0. The van der Waals surface area contributed by atoms with Crippen molar-refractivity contribution < 1.29 is 4.74 Å². The average molecular weight is 478 g/mol. The molecule has 176 valence electrons. The molecule has 2 aromatic carbocycles. The number of halogens is 2. The van der Waals surface area contributed by atoms with Crippen molar-refractivity contribution in [1.82, 2.24) is 9.80 Å². The third kappa shape index (κ3) is 5.80. The van der Waals surface area contributed by atoms with Crippen molar-refractivity contribution >= 4 is 24.8 Å². The maximum Gasteiger partial charge on any atom is 0.118 e. The van der Waals surface area contributed by atoms with Crippen LogP contribution in [0.25, 0.3) is 0 Å². The first-order valence-electron chi connectivity index (χ1n) is 11.9. The molecular weight excluding hydrogens is 439 g/mol. The molecule has 1 saturated carbocycles. The molecule has 2 saturated heterocycles. The van der Waals surface area contributed by atoms with Crippen molar-refractivity contribution in [2.24, 2.45) is 11.8 Å². The number of benzene rings is 2. The second-order valence-corrected chi connectivity index (χ2v) is 9.69. The lowest BCUT2D eigenvalue weighted by atomic mass is 9.86. The number of hydrogen-bond acceptors (Lipinski definition) is 3. The molecule has 0 aromatic heterocycles. The molecule has 0 amide bonds. The Morgan fingerprint density at radius 2 is 1.50 bits per heavy atom. The highest BCUT2D eigenvalue weighted by Crippen LogP contribution is 2.47. The van der Waals surface area contributed by atoms with Crippen molar-refractivity contribution in [3.05, 3.63) is 65.2 Å². The highest BCUT2D eigenvalue weighted by molar-refractivity contribution is 5.85. The van der Waals surface area contributed by atoms with Crippen LogP contribution in [0.1, 0.15) is 48.3 Å². The fourth-order valence-electron chi connectivity index (χ4n) is 6.11. The molecule has 5 heteroatoms. The predicted octanol–water partition coefficient (Wildman–Crippen LogP) is 5.80. The molecule has 2 aromatic rings. The minimum atomic E-state index is 0. The molecule has 1 aliphatic carbocycles. The zero-order valence-electron chi connectivity index (χ0n) is 19.2. The summed E-state index contributed by atoms with van der Waals surface area (Å²) in [6, 6.07) is 18.3.